The van der Waals surface area contributed by atoms with Crippen molar-refractivity contribution in [1.29, 1.82) is 0 Å². The average Bonchev–Trinajstić information content (AvgIpc) is 2.62. The summed E-state index contributed by atoms with van der Waals surface area (Å²) in [6.45, 7) is 0. The minimum absolute atomic E-state index is 0.0858. The molecule has 0 amide bonds. The van der Waals surface area contributed by atoms with Gasteiger partial charge in [0.25, 0.3) is 5.56 Å². The van der Waals surface area contributed by atoms with Gasteiger partial charge in [0.1, 0.15) is 5.82 Å². The Morgan fingerprint density at radius 1 is 1.04 bits per heavy atom. The molecule has 122 valence electrons. The molecule has 3 aromatic heterocycles. The molecular formula is C17H18N6O. The first-order chi connectivity index (χ1) is 11.8. The highest BCUT2D eigenvalue weighted by Crippen LogP contribution is 2.31. The van der Waals surface area contributed by atoms with Crippen LogP contribution < -0.4 is 10.9 Å². The summed E-state index contributed by atoms with van der Waals surface area (Å²) in [4.78, 5) is 31.6. The van der Waals surface area contributed by atoms with Crippen LogP contribution in [-0.2, 0) is 0 Å². The summed E-state index contributed by atoms with van der Waals surface area (Å²) in [5, 5.41) is 4.34. The highest BCUT2D eigenvalue weighted by molar-refractivity contribution is 5.74. The van der Waals surface area contributed by atoms with Crippen LogP contribution in [0, 0.1) is 0 Å². The number of nitrogens with one attached hydrogen (secondary N) is 2. The monoisotopic (exact) mass is 322 g/mol. The summed E-state index contributed by atoms with van der Waals surface area (Å²) < 4.78 is 0. The first kappa shape index (κ1) is 14.7. The van der Waals surface area contributed by atoms with E-state index in [4.69, 9.17) is 0 Å². The quantitative estimate of drug-likeness (QED) is 0.767. The molecule has 0 aromatic carbocycles. The lowest BCUT2D eigenvalue weighted by atomic mass is 9.85. The Morgan fingerprint density at radius 2 is 1.92 bits per heavy atom. The molecule has 0 aliphatic heterocycles. The largest absolute Gasteiger partial charge is 0.351 e. The van der Waals surface area contributed by atoms with Crippen molar-refractivity contribution >= 4 is 17.0 Å². The lowest BCUT2D eigenvalue weighted by molar-refractivity contribution is 0.398. The third kappa shape index (κ3) is 3.10. The first-order valence-corrected chi connectivity index (χ1v) is 8.17. The molecule has 1 saturated carbocycles. The van der Waals surface area contributed by atoms with Crippen molar-refractivity contribution in [3.63, 3.8) is 0 Å². The maximum absolute atomic E-state index is 11.4. The fourth-order valence-corrected chi connectivity index (χ4v) is 3.22. The maximum atomic E-state index is 11.4. The Bertz CT molecular complexity index is 900. The van der Waals surface area contributed by atoms with E-state index >= 15 is 0 Å². The van der Waals surface area contributed by atoms with E-state index in [0.717, 1.165) is 36.9 Å². The molecule has 1 aliphatic carbocycles. The third-order valence-electron chi connectivity index (χ3n) is 4.49. The molecule has 4 rings (SSSR count). The lowest BCUT2D eigenvalue weighted by Gasteiger charge is -2.28. The second kappa shape index (κ2) is 6.35. The maximum Gasteiger partial charge on any atom is 0.250 e. The third-order valence-corrected chi connectivity index (χ3v) is 4.49. The zero-order chi connectivity index (χ0) is 16.4. The van der Waals surface area contributed by atoms with Crippen LogP contribution in [0.4, 0.5) is 5.95 Å². The molecule has 0 saturated heterocycles. The molecule has 0 unspecified atom stereocenters. The van der Waals surface area contributed by atoms with Crippen LogP contribution >= 0.6 is 0 Å². The number of anilines is 1. The van der Waals surface area contributed by atoms with Crippen LogP contribution in [0.2, 0.25) is 0 Å². The number of pyridine rings is 1. The molecule has 0 spiro atoms. The molecule has 7 nitrogen and oxygen atoms in total. The van der Waals surface area contributed by atoms with E-state index in [1.165, 1.54) is 6.07 Å². The van der Waals surface area contributed by atoms with E-state index in [1.807, 2.05) is 12.1 Å². The predicted molar refractivity (Wildman–Crippen MR) is 90.8 cm³/mol. The van der Waals surface area contributed by atoms with Crippen LogP contribution in [0.25, 0.3) is 11.0 Å². The van der Waals surface area contributed by atoms with Crippen LogP contribution in [0.15, 0.2) is 41.6 Å². The number of aromatic amines is 1. The van der Waals surface area contributed by atoms with Gasteiger partial charge >= 0.3 is 0 Å². The molecule has 1 aliphatic rings. The Balaban J connectivity index is 1.41. The number of fused-ring (bicyclic) bond motifs is 1. The van der Waals surface area contributed by atoms with Crippen molar-refractivity contribution in [3.8, 4) is 0 Å². The molecule has 7 heteroatoms. The number of aromatic nitrogens is 5. The lowest BCUT2D eigenvalue weighted by Crippen LogP contribution is -2.27. The van der Waals surface area contributed by atoms with Crippen LogP contribution in [0.3, 0.4) is 0 Å². The van der Waals surface area contributed by atoms with E-state index < -0.39 is 0 Å². The summed E-state index contributed by atoms with van der Waals surface area (Å²) in [7, 11) is 0. The van der Waals surface area contributed by atoms with Crippen molar-refractivity contribution in [3.05, 3.63) is 53.0 Å². The highest BCUT2D eigenvalue weighted by atomic mass is 16.1. The molecule has 1 fully saturated rings. The van der Waals surface area contributed by atoms with Gasteiger partial charge in [0.15, 0.2) is 5.65 Å². The van der Waals surface area contributed by atoms with Crippen LogP contribution in [0.5, 0.6) is 0 Å². The van der Waals surface area contributed by atoms with Crippen molar-refractivity contribution in [1.82, 2.24) is 24.9 Å². The van der Waals surface area contributed by atoms with Gasteiger partial charge < -0.3 is 10.3 Å². The van der Waals surface area contributed by atoms with Crippen LogP contribution in [-0.4, -0.2) is 31.0 Å². The SMILES string of the molecule is O=c1ccnc(C2CCC(Nc3ncc4cccnc4n3)CC2)[nH]1. The molecule has 3 aromatic rings. The summed E-state index contributed by atoms with van der Waals surface area (Å²) >= 11 is 0. The summed E-state index contributed by atoms with van der Waals surface area (Å²) in [5.74, 6) is 1.74. The van der Waals surface area contributed by atoms with Gasteiger partial charge in [-0.1, -0.05) is 0 Å². The Morgan fingerprint density at radius 3 is 2.75 bits per heavy atom. The Hall–Kier alpha value is -2.83. The molecule has 3 heterocycles. The van der Waals surface area contributed by atoms with Gasteiger partial charge in [0.05, 0.1) is 0 Å². The molecule has 24 heavy (non-hydrogen) atoms. The smallest absolute Gasteiger partial charge is 0.250 e. The van der Waals surface area contributed by atoms with E-state index in [0.29, 0.717) is 23.6 Å². The molecule has 0 atom stereocenters. The summed E-state index contributed by atoms with van der Waals surface area (Å²) in [5.41, 5.74) is 0.618. The topological polar surface area (TPSA) is 96.5 Å². The van der Waals surface area contributed by atoms with Gasteiger partial charge in [0, 0.05) is 42.0 Å². The summed E-state index contributed by atoms with van der Waals surface area (Å²) in [6, 6.07) is 5.60. The van der Waals surface area contributed by atoms with E-state index in [1.54, 1.807) is 18.6 Å². The number of rotatable bonds is 3. The van der Waals surface area contributed by atoms with Crippen molar-refractivity contribution in [2.45, 2.75) is 37.6 Å². The minimum atomic E-state index is -0.0858. The number of nitrogens with zero attached hydrogens (tertiary/aromatic N) is 4. The minimum Gasteiger partial charge on any atom is -0.351 e. The normalized spacial score (nSPS) is 20.8. The second-order valence-corrected chi connectivity index (χ2v) is 6.12. The highest BCUT2D eigenvalue weighted by Gasteiger charge is 2.24. The van der Waals surface area contributed by atoms with Crippen molar-refractivity contribution in [2.75, 3.05) is 5.32 Å². The van der Waals surface area contributed by atoms with Gasteiger partial charge in [0.2, 0.25) is 5.95 Å². The van der Waals surface area contributed by atoms with E-state index in [-0.39, 0.29) is 5.56 Å². The van der Waals surface area contributed by atoms with E-state index in [2.05, 4.69) is 30.2 Å². The average molecular weight is 322 g/mol. The van der Waals surface area contributed by atoms with Gasteiger partial charge in [-0.3, -0.25) is 4.79 Å². The Labute approximate surface area is 138 Å². The fourth-order valence-electron chi connectivity index (χ4n) is 3.22. The van der Waals surface area contributed by atoms with E-state index in [9.17, 15) is 4.79 Å². The van der Waals surface area contributed by atoms with Gasteiger partial charge in [-0.25, -0.2) is 15.0 Å². The zero-order valence-electron chi connectivity index (χ0n) is 13.1. The molecule has 2 N–H and O–H groups in total. The number of hydrogen-bond acceptors (Lipinski definition) is 6. The molecule has 0 radical (unpaired) electrons. The number of H-pyrrole nitrogens is 1. The number of hydrogen-bond donors (Lipinski definition) is 2. The van der Waals surface area contributed by atoms with Crippen LogP contribution in [0.1, 0.15) is 37.4 Å². The Kier molecular flexibility index (Phi) is 3.90. The first-order valence-electron chi connectivity index (χ1n) is 8.17. The van der Waals surface area contributed by atoms with Gasteiger partial charge in [-0.15, -0.1) is 0 Å². The van der Waals surface area contributed by atoms with Crippen molar-refractivity contribution in [2.24, 2.45) is 0 Å². The summed E-state index contributed by atoms with van der Waals surface area (Å²) in [6.07, 6.45) is 9.06. The fraction of sp³-hybridized carbons (Fsp3) is 0.353. The zero-order valence-corrected chi connectivity index (χ0v) is 13.1. The molecular weight excluding hydrogens is 304 g/mol. The molecule has 0 bridgehead atoms. The predicted octanol–water partition coefficient (Wildman–Crippen LogP) is 2.25. The van der Waals surface area contributed by atoms with Crippen molar-refractivity contribution < 1.29 is 0 Å². The van der Waals surface area contributed by atoms with Gasteiger partial charge in [-0.2, -0.15) is 4.98 Å². The second-order valence-electron chi connectivity index (χ2n) is 6.12. The van der Waals surface area contributed by atoms with Gasteiger partial charge in [-0.05, 0) is 37.8 Å². The standard InChI is InChI=1S/C17H18N6O/c24-14-7-9-19-15(22-14)11-3-5-13(6-4-11)21-17-20-10-12-2-1-8-18-16(12)23-17/h1-2,7-11,13H,3-6H2,(H,19,22,24)(H,18,20,21,23).